The van der Waals surface area contributed by atoms with Crippen LogP contribution in [0.4, 0.5) is 33.5 Å². The van der Waals surface area contributed by atoms with Gasteiger partial charge in [0.1, 0.15) is 23.5 Å². The predicted molar refractivity (Wildman–Crippen MR) is 126 cm³/mol. The van der Waals surface area contributed by atoms with E-state index in [4.69, 9.17) is 26.4 Å². The van der Waals surface area contributed by atoms with Gasteiger partial charge in [0, 0.05) is 29.2 Å². The molecule has 1 aromatic heterocycles. The van der Waals surface area contributed by atoms with Crippen molar-refractivity contribution in [3.05, 3.63) is 47.2 Å². The lowest BCUT2D eigenvalue weighted by Gasteiger charge is -2.32. The summed E-state index contributed by atoms with van der Waals surface area (Å²) in [5.41, 5.74) is 7.40. The summed E-state index contributed by atoms with van der Waals surface area (Å²) < 4.78 is 80.9. The average molecular weight is 544 g/mol. The number of nitrogen functional groups attached to an aromatic ring is 1. The molecular weight excluding hydrogens is 519 g/mol. The molecule has 206 valence electrons. The number of nitrogens with two attached hydrogens (primary N) is 2. The highest BCUT2D eigenvalue weighted by Crippen LogP contribution is 2.55. The zero-order valence-electron chi connectivity index (χ0n) is 20.4. The summed E-state index contributed by atoms with van der Waals surface area (Å²) in [6.07, 6.45) is -6.80. The van der Waals surface area contributed by atoms with Gasteiger partial charge in [-0.1, -0.05) is 13.0 Å². The predicted octanol–water partition coefficient (Wildman–Crippen LogP) is 2.63. The minimum absolute atomic E-state index is 0.101. The van der Waals surface area contributed by atoms with Gasteiger partial charge in [-0.3, -0.25) is 15.0 Å². The van der Waals surface area contributed by atoms with Gasteiger partial charge < -0.3 is 31.6 Å². The highest BCUT2D eigenvalue weighted by atomic mass is 19.4. The third-order valence-corrected chi connectivity index (χ3v) is 6.39. The lowest BCUT2D eigenvalue weighted by atomic mass is 9.77. The van der Waals surface area contributed by atoms with Gasteiger partial charge >= 0.3 is 6.18 Å². The lowest BCUT2D eigenvalue weighted by Crippen LogP contribution is -2.47. The molecule has 0 saturated carbocycles. The Labute approximate surface area is 213 Å². The van der Waals surface area contributed by atoms with Crippen LogP contribution in [0.5, 0.6) is 5.75 Å². The third kappa shape index (κ3) is 5.24. The number of aromatic nitrogens is 1. The average Bonchev–Trinajstić information content (AvgIpc) is 3.12. The molecule has 1 aromatic carbocycles. The van der Waals surface area contributed by atoms with Crippen molar-refractivity contribution in [1.82, 2.24) is 4.98 Å². The van der Waals surface area contributed by atoms with E-state index in [0.29, 0.717) is 6.07 Å². The Morgan fingerprint density at radius 1 is 1.24 bits per heavy atom. The van der Waals surface area contributed by atoms with E-state index in [1.165, 1.54) is 6.92 Å². The highest BCUT2D eigenvalue weighted by Gasteiger charge is 2.65. The van der Waals surface area contributed by atoms with Crippen LogP contribution in [0, 0.1) is 23.0 Å². The molecule has 0 bridgehead atoms. The maximum absolute atomic E-state index is 14.5. The number of alkyl halides is 3. The summed E-state index contributed by atoms with van der Waals surface area (Å²) in [5, 5.41) is 12.3. The zero-order valence-corrected chi connectivity index (χ0v) is 20.4. The molecule has 3 rings (SSSR count). The van der Waals surface area contributed by atoms with Crippen LogP contribution >= 0.6 is 0 Å². The van der Waals surface area contributed by atoms with Crippen molar-refractivity contribution < 1.29 is 41.0 Å². The molecule has 1 aliphatic rings. The van der Waals surface area contributed by atoms with Crippen LogP contribution in [0.25, 0.3) is 0 Å². The molecule has 10 nitrogen and oxygen atoms in total. The fraction of sp³-hybridized carbons (Fsp3) is 0.391. The van der Waals surface area contributed by atoms with E-state index in [0.717, 1.165) is 32.2 Å². The van der Waals surface area contributed by atoms with Crippen LogP contribution in [-0.2, 0) is 14.3 Å². The van der Waals surface area contributed by atoms with Gasteiger partial charge in [0.2, 0.25) is 11.7 Å². The minimum Gasteiger partial charge on any atom is -0.493 e. The quantitative estimate of drug-likeness (QED) is 0.203. The molecule has 0 aliphatic carbocycles. The van der Waals surface area contributed by atoms with E-state index < -0.39 is 71.3 Å². The maximum Gasteiger partial charge on any atom is 0.417 e. The number of nitrogens with zero attached hydrogens (tertiary/aromatic N) is 1. The number of amidine groups is 1. The van der Waals surface area contributed by atoms with E-state index in [9.17, 15) is 31.5 Å². The Morgan fingerprint density at radius 3 is 2.45 bits per heavy atom. The van der Waals surface area contributed by atoms with Crippen molar-refractivity contribution in [1.29, 1.82) is 5.41 Å². The number of benzene rings is 1. The molecular formula is C23H25F5N6O4. The number of anilines is 2. The summed E-state index contributed by atoms with van der Waals surface area (Å²) in [7, 11) is 1.01. The Kier molecular flexibility index (Phi) is 7.93. The van der Waals surface area contributed by atoms with Gasteiger partial charge in [0.15, 0.2) is 17.2 Å². The fourth-order valence-electron chi connectivity index (χ4n) is 4.25. The first-order chi connectivity index (χ1) is 17.6. The largest absolute Gasteiger partial charge is 0.493 e. The number of methoxy groups -OCH3 is 1. The standard InChI is InChI=1S/C23H25F5N6O4/c1-9-16(11-4-5-12(24)17(25)18(11)37-3)19(38-22(9,2)23(26,27)28)21(36)32-10-6-13(20(30)31)33-14(7-10)34-15(35)8-29/h4-7,9,16,19H,8,29H2,1-3H3,(H3,30,31)(H2,32,33,34,35,36)/t9-,16-,19+,22+/m0/s1. The molecule has 7 N–H and O–H groups in total. The Bertz CT molecular complexity index is 1270. The molecule has 0 unspecified atom stereocenters. The highest BCUT2D eigenvalue weighted by molar-refractivity contribution is 6.00. The summed E-state index contributed by atoms with van der Waals surface area (Å²) in [4.78, 5) is 29.0. The van der Waals surface area contributed by atoms with Crippen molar-refractivity contribution in [2.75, 3.05) is 24.3 Å². The summed E-state index contributed by atoms with van der Waals surface area (Å²) >= 11 is 0. The minimum atomic E-state index is -4.94. The number of nitrogens with one attached hydrogen (secondary N) is 3. The summed E-state index contributed by atoms with van der Waals surface area (Å²) in [6, 6.07) is 4.05. The molecule has 1 fully saturated rings. The number of carbonyl (C=O) groups is 2. The van der Waals surface area contributed by atoms with E-state index in [1.54, 1.807) is 0 Å². The monoisotopic (exact) mass is 544 g/mol. The van der Waals surface area contributed by atoms with E-state index in [1.807, 2.05) is 0 Å². The summed E-state index contributed by atoms with van der Waals surface area (Å²) in [6.45, 7) is 1.52. The lowest BCUT2D eigenvalue weighted by molar-refractivity contribution is -0.272. The molecule has 15 heteroatoms. The number of hydrogen-bond donors (Lipinski definition) is 5. The van der Waals surface area contributed by atoms with Gasteiger partial charge in [0.05, 0.1) is 13.7 Å². The van der Waals surface area contributed by atoms with Crippen LogP contribution in [0.1, 0.15) is 31.0 Å². The second-order valence-corrected chi connectivity index (χ2v) is 8.72. The Balaban J connectivity index is 2.08. The number of hydrogen-bond acceptors (Lipinski definition) is 7. The first-order valence-electron chi connectivity index (χ1n) is 11.1. The molecule has 1 saturated heterocycles. The van der Waals surface area contributed by atoms with Crippen LogP contribution in [0.15, 0.2) is 24.3 Å². The number of rotatable bonds is 7. The van der Waals surface area contributed by atoms with E-state index in [-0.39, 0.29) is 22.8 Å². The normalized spacial score (nSPS) is 23.1. The van der Waals surface area contributed by atoms with Crippen LogP contribution < -0.4 is 26.8 Å². The molecule has 2 aromatic rings. The SMILES string of the molecule is COc1c([C@H]2[C@H](C(=O)Nc3cc(NC(=O)CN)nc(C(=N)N)c3)O[C@@](C)(C(F)(F)F)[C@H]2C)ccc(F)c1F. The molecule has 0 spiro atoms. The van der Waals surface area contributed by atoms with Gasteiger partial charge in [0.25, 0.3) is 5.91 Å². The van der Waals surface area contributed by atoms with E-state index >= 15 is 0 Å². The van der Waals surface area contributed by atoms with Gasteiger partial charge in [-0.15, -0.1) is 0 Å². The maximum atomic E-state index is 14.5. The Morgan fingerprint density at radius 2 is 1.89 bits per heavy atom. The van der Waals surface area contributed by atoms with Crippen LogP contribution in [-0.4, -0.2) is 54.2 Å². The molecule has 2 heterocycles. The van der Waals surface area contributed by atoms with Crippen molar-refractivity contribution in [3.63, 3.8) is 0 Å². The number of halogens is 5. The summed E-state index contributed by atoms with van der Waals surface area (Å²) in [5.74, 6) is -8.71. The van der Waals surface area contributed by atoms with Gasteiger partial charge in [-0.2, -0.15) is 17.6 Å². The molecule has 38 heavy (non-hydrogen) atoms. The van der Waals surface area contributed by atoms with Crippen molar-refractivity contribution in [2.45, 2.75) is 37.6 Å². The first-order valence-corrected chi connectivity index (χ1v) is 11.1. The molecule has 2 amide bonds. The van der Waals surface area contributed by atoms with Gasteiger partial charge in [-0.25, -0.2) is 9.37 Å². The molecule has 1 aliphatic heterocycles. The second-order valence-electron chi connectivity index (χ2n) is 8.72. The fourth-order valence-corrected chi connectivity index (χ4v) is 4.25. The van der Waals surface area contributed by atoms with Crippen molar-refractivity contribution in [2.24, 2.45) is 17.4 Å². The number of amides is 2. The van der Waals surface area contributed by atoms with Crippen molar-refractivity contribution >= 4 is 29.2 Å². The molecule has 4 atom stereocenters. The van der Waals surface area contributed by atoms with Crippen LogP contribution in [0.2, 0.25) is 0 Å². The molecule has 0 radical (unpaired) electrons. The van der Waals surface area contributed by atoms with Gasteiger partial charge in [-0.05, 0) is 19.1 Å². The number of ether oxygens (including phenoxy) is 2. The van der Waals surface area contributed by atoms with Crippen molar-refractivity contribution in [3.8, 4) is 5.75 Å². The Hall–Kier alpha value is -3.85. The number of carbonyl (C=O) groups excluding carboxylic acids is 2. The van der Waals surface area contributed by atoms with E-state index in [2.05, 4.69) is 15.6 Å². The zero-order chi connectivity index (χ0) is 28.6. The number of pyridine rings is 1. The topological polar surface area (TPSA) is 165 Å². The third-order valence-electron chi connectivity index (χ3n) is 6.39. The van der Waals surface area contributed by atoms with Crippen LogP contribution in [0.3, 0.4) is 0 Å². The second kappa shape index (κ2) is 10.5. The smallest absolute Gasteiger partial charge is 0.417 e. The first kappa shape index (κ1) is 28.7.